The Morgan fingerprint density at radius 1 is 1.45 bits per heavy atom. The molecule has 5 nitrogen and oxygen atoms in total. The van der Waals surface area contributed by atoms with Gasteiger partial charge in [-0.2, -0.15) is 4.98 Å². The summed E-state index contributed by atoms with van der Waals surface area (Å²) in [5, 5.41) is 6.03. The molecule has 2 N–H and O–H groups in total. The van der Waals surface area contributed by atoms with Gasteiger partial charge in [0.2, 0.25) is 11.2 Å². The lowest BCUT2D eigenvalue weighted by molar-refractivity contribution is -0.117. The second-order valence-electron chi connectivity index (χ2n) is 3.79. The van der Waals surface area contributed by atoms with Crippen LogP contribution >= 0.6 is 23.2 Å². The third-order valence-electron chi connectivity index (χ3n) is 2.48. The molecule has 0 spiro atoms. The van der Waals surface area contributed by atoms with E-state index in [2.05, 4.69) is 20.6 Å². The third-order valence-corrected chi connectivity index (χ3v) is 2.94. The number of nitrogens with one attached hydrogen (secondary N) is 2. The van der Waals surface area contributed by atoms with Gasteiger partial charge in [-0.25, -0.2) is 4.98 Å². The minimum atomic E-state index is -0.163. The van der Waals surface area contributed by atoms with Crippen molar-refractivity contribution in [3.05, 3.63) is 39.9 Å². The van der Waals surface area contributed by atoms with Crippen LogP contribution < -0.4 is 10.6 Å². The maximum absolute atomic E-state index is 11.9. The van der Waals surface area contributed by atoms with Crippen LogP contribution in [0.4, 0.5) is 5.82 Å². The van der Waals surface area contributed by atoms with E-state index in [1.54, 1.807) is 13.1 Å². The molecule has 0 aliphatic rings. The molecule has 108 valence electrons. The third kappa shape index (κ3) is 4.21. The van der Waals surface area contributed by atoms with Crippen molar-refractivity contribution in [3.8, 4) is 0 Å². The number of rotatable bonds is 5. The van der Waals surface area contributed by atoms with Gasteiger partial charge in [0.1, 0.15) is 5.02 Å². The predicted octanol–water partition coefficient (Wildman–Crippen LogP) is 3.18. The topological polar surface area (TPSA) is 66.9 Å². The monoisotopic (exact) mass is 314 g/mol. The van der Waals surface area contributed by atoms with E-state index < -0.39 is 0 Å². The van der Waals surface area contributed by atoms with Gasteiger partial charge >= 0.3 is 0 Å². The van der Waals surface area contributed by atoms with Crippen molar-refractivity contribution in [2.24, 2.45) is 0 Å². The number of nitrogens with zero attached hydrogens (tertiary/aromatic N) is 2. The molecule has 0 radical (unpaired) electrons. The average Bonchev–Trinajstić information content (AvgIpc) is 2.43. The molecule has 1 aromatic rings. The molecule has 1 rings (SSSR count). The lowest BCUT2D eigenvalue weighted by Gasteiger charge is -2.13. The van der Waals surface area contributed by atoms with Gasteiger partial charge in [-0.15, -0.1) is 0 Å². The zero-order valence-corrected chi connectivity index (χ0v) is 13.0. The Morgan fingerprint density at radius 2 is 2.15 bits per heavy atom. The van der Waals surface area contributed by atoms with Crippen molar-refractivity contribution in [1.29, 1.82) is 0 Å². The van der Waals surface area contributed by atoms with Gasteiger partial charge in [0, 0.05) is 18.3 Å². The first kappa shape index (κ1) is 16.5. The number of aromatic nitrogens is 2. The summed E-state index contributed by atoms with van der Waals surface area (Å²) in [6.45, 7) is 3.75. The minimum absolute atomic E-state index is 0.0784. The number of carbonyl (C=O) groups excluding carboxylic acids is 1. The van der Waals surface area contributed by atoms with Crippen molar-refractivity contribution in [3.63, 3.8) is 0 Å². The zero-order chi connectivity index (χ0) is 15.1. The molecule has 0 aliphatic carbocycles. The molecule has 1 aromatic heterocycles. The number of likely N-dealkylation sites (N-methyl/N-ethyl adjacent to an activating group) is 1. The molecule has 0 atom stereocenters. The predicted molar refractivity (Wildman–Crippen MR) is 81.9 cm³/mol. The first-order chi connectivity index (χ1) is 9.53. The normalized spacial score (nSPS) is 12.2. The Labute approximate surface area is 128 Å². The summed E-state index contributed by atoms with van der Waals surface area (Å²) in [5.74, 6) is 0.194. The number of allylic oxidation sites excluding steroid dienone is 2. The summed E-state index contributed by atoms with van der Waals surface area (Å²) in [4.78, 5) is 19.7. The molecular weight excluding hydrogens is 299 g/mol. The Morgan fingerprint density at radius 3 is 2.70 bits per heavy atom. The molecule has 0 bridgehead atoms. The van der Waals surface area contributed by atoms with E-state index in [4.69, 9.17) is 23.2 Å². The number of halogens is 2. The largest absolute Gasteiger partial charge is 0.355 e. The van der Waals surface area contributed by atoms with Crippen molar-refractivity contribution in [2.75, 3.05) is 12.4 Å². The van der Waals surface area contributed by atoms with Gasteiger partial charge < -0.3 is 10.6 Å². The Kier molecular flexibility index (Phi) is 6.48. The standard InChI is InChI=1S/C13H16Cl2N4O/c1-4-6-10(8(5-2)12(20)16-3)18-11-9(14)7-17-13(15)19-11/h4,6-7H,5H2,1-3H3,(H,16,20)(H,17,18,19)/b6-4-,10-8-. The van der Waals surface area contributed by atoms with Gasteiger partial charge in [0.25, 0.3) is 0 Å². The van der Waals surface area contributed by atoms with E-state index in [0.29, 0.717) is 28.5 Å². The van der Waals surface area contributed by atoms with Crippen molar-refractivity contribution in [2.45, 2.75) is 20.3 Å². The fourth-order valence-corrected chi connectivity index (χ4v) is 1.84. The number of anilines is 1. The van der Waals surface area contributed by atoms with Crippen LogP contribution in [0.5, 0.6) is 0 Å². The van der Waals surface area contributed by atoms with E-state index >= 15 is 0 Å². The zero-order valence-electron chi connectivity index (χ0n) is 11.5. The summed E-state index contributed by atoms with van der Waals surface area (Å²) in [7, 11) is 1.58. The maximum atomic E-state index is 11.9. The van der Waals surface area contributed by atoms with E-state index in [-0.39, 0.29) is 11.2 Å². The molecule has 1 amide bonds. The molecule has 0 aromatic carbocycles. The van der Waals surface area contributed by atoms with Crippen LogP contribution in [0.15, 0.2) is 29.6 Å². The van der Waals surface area contributed by atoms with E-state index in [0.717, 1.165) is 0 Å². The van der Waals surface area contributed by atoms with Crippen LogP contribution in [-0.2, 0) is 4.79 Å². The molecule has 0 aliphatic heterocycles. The maximum Gasteiger partial charge on any atom is 0.249 e. The minimum Gasteiger partial charge on any atom is -0.355 e. The summed E-state index contributed by atoms with van der Waals surface area (Å²) in [5.41, 5.74) is 1.21. The first-order valence-corrected chi connectivity index (χ1v) is 6.82. The lowest BCUT2D eigenvalue weighted by atomic mass is 10.1. The number of hydrogen-bond donors (Lipinski definition) is 2. The van der Waals surface area contributed by atoms with E-state index in [1.165, 1.54) is 6.20 Å². The molecule has 1 heterocycles. The highest BCUT2D eigenvalue weighted by atomic mass is 35.5. The number of hydrogen-bond acceptors (Lipinski definition) is 4. The van der Waals surface area contributed by atoms with Gasteiger partial charge in [0.05, 0.1) is 6.20 Å². The van der Waals surface area contributed by atoms with Gasteiger partial charge in [0.15, 0.2) is 5.82 Å². The van der Waals surface area contributed by atoms with Gasteiger partial charge in [-0.05, 0) is 31.0 Å². The smallest absolute Gasteiger partial charge is 0.249 e. The summed E-state index contributed by atoms with van der Waals surface area (Å²) < 4.78 is 0. The Balaban J connectivity index is 3.24. The first-order valence-electron chi connectivity index (χ1n) is 6.06. The highest BCUT2D eigenvalue weighted by molar-refractivity contribution is 6.33. The number of carbonyl (C=O) groups is 1. The van der Waals surface area contributed by atoms with Gasteiger partial charge in [-0.3, -0.25) is 4.79 Å². The SMILES string of the molecule is C/C=C\C(Nc1nc(Cl)ncc1Cl)=C(/CC)C(=O)NC. The van der Waals surface area contributed by atoms with E-state index in [9.17, 15) is 4.79 Å². The highest BCUT2D eigenvalue weighted by Crippen LogP contribution is 2.23. The van der Waals surface area contributed by atoms with E-state index in [1.807, 2.05) is 19.9 Å². The van der Waals surface area contributed by atoms with Crippen LogP contribution in [0.25, 0.3) is 0 Å². The molecular formula is C13H16Cl2N4O. The quantitative estimate of drug-likeness (QED) is 0.497. The molecule has 0 saturated carbocycles. The summed E-state index contributed by atoms with van der Waals surface area (Å²) in [6.07, 6.45) is 5.55. The number of amides is 1. The van der Waals surface area contributed by atoms with Crippen molar-refractivity contribution in [1.82, 2.24) is 15.3 Å². The molecule has 0 saturated heterocycles. The van der Waals surface area contributed by atoms with Crippen molar-refractivity contribution >= 4 is 34.9 Å². The fourth-order valence-electron chi connectivity index (χ4n) is 1.57. The van der Waals surface area contributed by atoms with Crippen LogP contribution in [-0.4, -0.2) is 22.9 Å². The molecule has 20 heavy (non-hydrogen) atoms. The van der Waals surface area contributed by atoms with Gasteiger partial charge in [-0.1, -0.05) is 24.6 Å². The van der Waals surface area contributed by atoms with Crippen LogP contribution in [0, 0.1) is 0 Å². The lowest BCUT2D eigenvalue weighted by Crippen LogP contribution is -2.22. The summed E-state index contributed by atoms with van der Waals surface area (Å²) >= 11 is 11.8. The van der Waals surface area contributed by atoms with Crippen LogP contribution in [0.3, 0.4) is 0 Å². The molecule has 0 unspecified atom stereocenters. The highest BCUT2D eigenvalue weighted by Gasteiger charge is 2.13. The fraction of sp³-hybridized carbons (Fsp3) is 0.308. The average molecular weight is 315 g/mol. The van der Waals surface area contributed by atoms with Crippen molar-refractivity contribution < 1.29 is 4.79 Å². The molecule has 7 heteroatoms. The second kappa shape index (κ2) is 7.87. The van der Waals surface area contributed by atoms with Crippen LogP contribution in [0.2, 0.25) is 10.3 Å². The Hall–Kier alpha value is -1.59. The van der Waals surface area contributed by atoms with Crippen LogP contribution in [0.1, 0.15) is 20.3 Å². The second-order valence-corrected chi connectivity index (χ2v) is 4.53. The molecule has 0 fully saturated rings. The summed E-state index contributed by atoms with van der Waals surface area (Å²) in [6, 6.07) is 0. The Bertz CT molecular complexity index is 555.